The second kappa shape index (κ2) is 13.2. The predicted octanol–water partition coefficient (Wildman–Crippen LogP) is 5.78. The predicted molar refractivity (Wildman–Crippen MR) is 160 cm³/mol. The molecule has 2 N–H and O–H groups in total. The van der Waals surface area contributed by atoms with Crippen LogP contribution in [0.3, 0.4) is 0 Å². The van der Waals surface area contributed by atoms with Crippen molar-refractivity contribution in [2.75, 3.05) is 18.4 Å². The van der Waals surface area contributed by atoms with Crippen LogP contribution in [0.4, 0.5) is 5.69 Å². The average Bonchev–Trinajstić information content (AvgIpc) is 3.45. The summed E-state index contributed by atoms with van der Waals surface area (Å²) >= 11 is 0. The van der Waals surface area contributed by atoms with Gasteiger partial charge in [-0.05, 0) is 75.5 Å². The van der Waals surface area contributed by atoms with Gasteiger partial charge in [0.1, 0.15) is 11.6 Å². The van der Waals surface area contributed by atoms with Crippen molar-refractivity contribution in [1.29, 1.82) is 0 Å². The Morgan fingerprint density at radius 1 is 0.952 bits per heavy atom. The number of benzene rings is 3. The number of anilines is 1. The third kappa shape index (κ3) is 7.63. The SMILES string of the molecule is CC(C)(C)OC(=O)C1CCCN1CC1CC(c2ccc(CO)cc2)OC(c2ccc(NC(=O)c3ccccc3)cc2)O1. The Morgan fingerprint density at radius 3 is 2.31 bits per heavy atom. The van der Waals surface area contributed by atoms with Crippen LogP contribution in [0, 0.1) is 0 Å². The summed E-state index contributed by atoms with van der Waals surface area (Å²) in [6.07, 6.45) is 1.27. The van der Waals surface area contributed by atoms with E-state index in [1.807, 2.05) is 87.5 Å². The molecule has 5 rings (SSSR count). The van der Waals surface area contributed by atoms with Crippen molar-refractivity contribution >= 4 is 17.6 Å². The number of amides is 1. The molecule has 4 atom stereocenters. The maximum atomic E-state index is 13.0. The fourth-order valence-electron chi connectivity index (χ4n) is 5.49. The highest BCUT2D eigenvalue weighted by Crippen LogP contribution is 2.39. The standard InChI is InChI=1S/C34H40N2O6/c1-34(2,3)42-32(39)29-10-7-19-36(29)21-28-20-30(24-13-11-23(22-37)12-14-24)41-33(40-28)26-15-17-27(18-16-26)35-31(38)25-8-5-4-6-9-25/h4-6,8-9,11-18,28-30,33,37H,7,10,19-22H2,1-3H3,(H,35,38). The van der Waals surface area contributed by atoms with E-state index in [0.29, 0.717) is 24.2 Å². The molecule has 2 saturated heterocycles. The number of rotatable bonds is 8. The van der Waals surface area contributed by atoms with E-state index in [2.05, 4.69) is 10.2 Å². The lowest BCUT2D eigenvalue weighted by Gasteiger charge is -2.38. The van der Waals surface area contributed by atoms with Crippen molar-refractivity contribution in [2.45, 2.75) is 76.8 Å². The number of nitrogens with zero attached hydrogens (tertiary/aromatic N) is 1. The number of carbonyl (C=O) groups excluding carboxylic acids is 2. The third-order valence-electron chi connectivity index (χ3n) is 7.57. The molecule has 42 heavy (non-hydrogen) atoms. The monoisotopic (exact) mass is 572 g/mol. The fourth-order valence-corrected chi connectivity index (χ4v) is 5.49. The smallest absolute Gasteiger partial charge is 0.323 e. The average molecular weight is 573 g/mol. The van der Waals surface area contributed by atoms with Crippen molar-refractivity contribution in [3.8, 4) is 0 Å². The number of aliphatic hydroxyl groups is 1. The third-order valence-corrected chi connectivity index (χ3v) is 7.57. The molecule has 222 valence electrons. The van der Waals surface area contributed by atoms with E-state index < -0.39 is 11.9 Å². The van der Waals surface area contributed by atoms with E-state index >= 15 is 0 Å². The molecule has 3 aromatic rings. The van der Waals surface area contributed by atoms with Crippen molar-refractivity contribution < 1.29 is 28.9 Å². The van der Waals surface area contributed by atoms with Gasteiger partial charge in [-0.3, -0.25) is 14.5 Å². The quantitative estimate of drug-likeness (QED) is 0.330. The highest BCUT2D eigenvalue weighted by Gasteiger charge is 2.38. The molecule has 0 aromatic heterocycles. The Bertz CT molecular complexity index is 1340. The lowest BCUT2D eigenvalue weighted by Crippen LogP contribution is -2.45. The van der Waals surface area contributed by atoms with Gasteiger partial charge in [0.05, 0.1) is 18.8 Å². The van der Waals surface area contributed by atoms with Gasteiger partial charge in [0.25, 0.3) is 5.91 Å². The number of nitrogens with one attached hydrogen (secondary N) is 1. The minimum atomic E-state index is -0.632. The van der Waals surface area contributed by atoms with Gasteiger partial charge in [-0.25, -0.2) is 0 Å². The highest BCUT2D eigenvalue weighted by atomic mass is 16.7. The first kappa shape index (κ1) is 29.9. The van der Waals surface area contributed by atoms with Crippen LogP contribution in [-0.4, -0.2) is 52.7 Å². The van der Waals surface area contributed by atoms with E-state index in [9.17, 15) is 14.7 Å². The van der Waals surface area contributed by atoms with Crippen LogP contribution < -0.4 is 5.32 Å². The number of hydrogen-bond acceptors (Lipinski definition) is 7. The largest absolute Gasteiger partial charge is 0.459 e. The number of carbonyl (C=O) groups is 2. The molecule has 0 radical (unpaired) electrons. The van der Waals surface area contributed by atoms with Gasteiger partial charge in [-0.2, -0.15) is 0 Å². The first-order chi connectivity index (χ1) is 20.2. The lowest BCUT2D eigenvalue weighted by atomic mass is 9.99. The molecule has 3 aromatic carbocycles. The first-order valence-electron chi connectivity index (χ1n) is 14.6. The minimum Gasteiger partial charge on any atom is -0.459 e. The number of hydrogen-bond donors (Lipinski definition) is 2. The van der Waals surface area contributed by atoms with Gasteiger partial charge in [-0.1, -0.05) is 54.6 Å². The van der Waals surface area contributed by atoms with Crippen LogP contribution in [0.25, 0.3) is 0 Å². The van der Waals surface area contributed by atoms with E-state index in [1.54, 1.807) is 12.1 Å². The van der Waals surface area contributed by atoms with Gasteiger partial charge < -0.3 is 24.6 Å². The Hall–Kier alpha value is -3.56. The fraction of sp³-hybridized carbons (Fsp3) is 0.412. The summed E-state index contributed by atoms with van der Waals surface area (Å²) < 4.78 is 18.7. The van der Waals surface area contributed by atoms with Gasteiger partial charge in [0, 0.05) is 29.8 Å². The first-order valence-corrected chi connectivity index (χ1v) is 14.6. The normalized spacial score (nSPS) is 23.0. The van der Waals surface area contributed by atoms with Crippen molar-refractivity contribution in [1.82, 2.24) is 4.90 Å². The summed E-state index contributed by atoms with van der Waals surface area (Å²) in [6.45, 7) is 7.04. The number of ether oxygens (including phenoxy) is 3. The van der Waals surface area contributed by atoms with Crippen molar-refractivity contribution in [3.63, 3.8) is 0 Å². The van der Waals surface area contributed by atoms with Crippen LogP contribution in [0.5, 0.6) is 0 Å². The molecule has 2 heterocycles. The Balaban J connectivity index is 1.32. The number of aliphatic hydroxyl groups excluding tert-OH is 1. The molecule has 0 bridgehead atoms. The second-order valence-corrected chi connectivity index (χ2v) is 12.0. The van der Waals surface area contributed by atoms with Crippen LogP contribution in [0.2, 0.25) is 0 Å². The van der Waals surface area contributed by atoms with Crippen molar-refractivity contribution in [2.24, 2.45) is 0 Å². The Labute approximate surface area is 247 Å². The van der Waals surface area contributed by atoms with E-state index in [1.165, 1.54) is 0 Å². The molecule has 8 heteroatoms. The molecular weight excluding hydrogens is 532 g/mol. The maximum absolute atomic E-state index is 13.0. The zero-order valence-electron chi connectivity index (χ0n) is 24.5. The minimum absolute atomic E-state index is 0.0195. The van der Waals surface area contributed by atoms with E-state index in [4.69, 9.17) is 14.2 Å². The van der Waals surface area contributed by atoms with Crippen LogP contribution >= 0.6 is 0 Å². The molecule has 0 spiro atoms. The van der Waals surface area contributed by atoms with Gasteiger partial charge in [0.2, 0.25) is 0 Å². The molecular formula is C34H40N2O6. The summed E-state index contributed by atoms with van der Waals surface area (Å²) in [5.74, 6) is -0.363. The summed E-state index contributed by atoms with van der Waals surface area (Å²) in [6, 6.07) is 24.1. The molecule has 2 aliphatic rings. The van der Waals surface area contributed by atoms with Crippen LogP contribution in [-0.2, 0) is 25.6 Å². The van der Waals surface area contributed by atoms with Crippen LogP contribution in [0.1, 0.15) is 79.5 Å². The maximum Gasteiger partial charge on any atom is 0.323 e. The zero-order valence-corrected chi connectivity index (χ0v) is 24.5. The number of likely N-dealkylation sites (tertiary alicyclic amines) is 1. The summed E-state index contributed by atoms with van der Waals surface area (Å²) in [4.78, 5) is 27.7. The molecule has 0 saturated carbocycles. The number of esters is 1. The second-order valence-electron chi connectivity index (χ2n) is 12.0. The summed E-state index contributed by atoms with van der Waals surface area (Å²) in [5, 5.41) is 12.4. The van der Waals surface area contributed by atoms with E-state index in [0.717, 1.165) is 36.1 Å². The zero-order chi connectivity index (χ0) is 29.7. The molecule has 2 aliphatic heterocycles. The van der Waals surface area contributed by atoms with Crippen LogP contribution in [0.15, 0.2) is 78.9 Å². The molecule has 4 unspecified atom stereocenters. The van der Waals surface area contributed by atoms with Crippen molar-refractivity contribution in [3.05, 3.63) is 101 Å². The highest BCUT2D eigenvalue weighted by molar-refractivity contribution is 6.04. The van der Waals surface area contributed by atoms with E-state index in [-0.39, 0.29) is 36.7 Å². The van der Waals surface area contributed by atoms with Gasteiger partial charge >= 0.3 is 5.97 Å². The summed E-state index contributed by atoms with van der Waals surface area (Å²) in [5.41, 5.74) is 3.40. The van der Waals surface area contributed by atoms with Gasteiger partial charge in [-0.15, -0.1) is 0 Å². The Kier molecular flexibility index (Phi) is 9.38. The molecule has 8 nitrogen and oxygen atoms in total. The Morgan fingerprint density at radius 2 is 1.64 bits per heavy atom. The lowest BCUT2D eigenvalue weighted by molar-refractivity contribution is -0.253. The molecule has 1 amide bonds. The summed E-state index contributed by atoms with van der Waals surface area (Å²) in [7, 11) is 0. The molecule has 0 aliphatic carbocycles. The molecule has 2 fully saturated rings. The topological polar surface area (TPSA) is 97.3 Å². The van der Waals surface area contributed by atoms with Gasteiger partial charge in [0.15, 0.2) is 6.29 Å².